The number of hydrogen-bond donors (Lipinski definition) is 1. The summed E-state index contributed by atoms with van der Waals surface area (Å²) in [6.07, 6.45) is 2.73. The third-order valence-corrected chi connectivity index (χ3v) is 7.01. The van der Waals surface area contributed by atoms with Gasteiger partial charge in [0, 0.05) is 25.4 Å². The molecule has 2 N–H and O–H groups in total. The summed E-state index contributed by atoms with van der Waals surface area (Å²) in [7, 11) is -7.14. The number of piperidine rings is 1. The van der Waals surface area contributed by atoms with Crippen LogP contribution in [0.2, 0.25) is 0 Å². The van der Waals surface area contributed by atoms with Gasteiger partial charge in [-0.3, -0.25) is 0 Å². The van der Waals surface area contributed by atoms with E-state index in [0.717, 1.165) is 19.1 Å². The van der Waals surface area contributed by atoms with Crippen LogP contribution in [0.5, 0.6) is 0 Å². The maximum absolute atomic E-state index is 12.7. The van der Waals surface area contributed by atoms with E-state index in [1.807, 2.05) is 6.92 Å². The lowest BCUT2D eigenvalue weighted by Crippen LogP contribution is -2.44. The summed E-state index contributed by atoms with van der Waals surface area (Å²) in [5.74, 6) is 0.126. The zero-order valence-corrected chi connectivity index (χ0v) is 15.6. The molecule has 0 amide bonds. The molecule has 1 aliphatic rings. The predicted octanol–water partition coefficient (Wildman–Crippen LogP) is 1.26. The van der Waals surface area contributed by atoms with Gasteiger partial charge in [-0.25, -0.2) is 16.8 Å². The van der Waals surface area contributed by atoms with Crippen molar-refractivity contribution in [3.8, 4) is 0 Å². The molecule has 132 valence electrons. The van der Waals surface area contributed by atoms with E-state index in [4.69, 9.17) is 5.73 Å². The second-order valence-electron chi connectivity index (χ2n) is 5.87. The van der Waals surface area contributed by atoms with Crippen molar-refractivity contribution in [3.63, 3.8) is 0 Å². The third kappa shape index (κ3) is 4.67. The average molecular weight is 383 g/mol. The van der Waals surface area contributed by atoms with Gasteiger partial charge in [0.1, 0.15) is 0 Å². The van der Waals surface area contributed by atoms with Gasteiger partial charge >= 0.3 is 0 Å². The molecule has 0 spiro atoms. The summed E-state index contributed by atoms with van der Waals surface area (Å²) in [5.41, 5.74) is 5.89. The Kier molecular flexibility index (Phi) is 6.63. The molecule has 0 bridgehead atoms. The summed E-state index contributed by atoms with van der Waals surface area (Å²) in [4.78, 5) is 0.0232. The minimum atomic E-state index is -3.70. The van der Waals surface area contributed by atoms with Crippen molar-refractivity contribution >= 4 is 32.3 Å². The topological polar surface area (TPSA) is 97.5 Å². The van der Waals surface area contributed by atoms with Crippen molar-refractivity contribution in [3.05, 3.63) is 24.3 Å². The van der Waals surface area contributed by atoms with Crippen LogP contribution in [0.25, 0.3) is 0 Å². The van der Waals surface area contributed by atoms with Gasteiger partial charge in [0.2, 0.25) is 10.0 Å². The summed E-state index contributed by atoms with van der Waals surface area (Å²) >= 11 is 0. The molecule has 2 rings (SSSR count). The molecule has 0 aromatic heterocycles. The van der Waals surface area contributed by atoms with Gasteiger partial charge in [-0.15, -0.1) is 12.4 Å². The Morgan fingerprint density at radius 2 is 1.83 bits per heavy atom. The standard InChI is InChI=1S/C14H22N2O4S2.ClH/c1-11(15)12-5-4-8-16(10-12)22(19,20)14-7-3-6-13(9-14)21(2,17)18;/h3,6-7,9,11-12H,4-5,8,10,15H2,1-2H3;1H. The Morgan fingerprint density at radius 3 is 2.39 bits per heavy atom. The van der Waals surface area contributed by atoms with Gasteiger partial charge in [-0.05, 0) is 43.9 Å². The van der Waals surface area contributed by atoms with Crippen molar-refractivity contribution < 1.29 is 16.8 Å². The van der Waals surface area contributed by atoms with Crippen molar-refractivity contribution in [2.24, 2.45) is 11.7 Å². The van der Waals surface area contributed by atoms with Crippen LogP contribution in [0.15, 0.2) is 34.1 Å². The van der Waals surface area contributed by atoms with E-state index in [9.17, 15) is 16.8 Å². The summed E-state index contributed by atoms with van der Waals surface area (Å²) < 4.78 is 50.1. The number of halogens is 1. The molecule has 1 fully saturated rings. The molecular formula is C14H23ClN2O4S2. The first-order valence-electron chi connectivity index (χ1n) is 7.18. The van der Waals surface area contributed by atoms with Gasteiger partial charge in [0.25, 0.3) is 0 Å². The fraction of sp³-hybridized carbons (Fsp3) is 0.571. The number of benzene rings is 1. The molecule has 23 heavy (non-hydrogen) atoms. The van der Waals surface area contributed by atoms with Crippen LogP contribution < -0.4 is 5.73 Å². The van der Waals surface area contributed by atoms with Crippen molar-refractivity contribution in [2.75, 3.05) is 19.3 Å². The maximum Gasteiger partial charge on any atom is 0.243 e. The number of nitrogens with zero attached hydrogens (tertiary/aromatic N) is 1. The highest BCUT2D eigenvalue weighted by molar-refractivity contribution is 7.91. The Bertz CT molecular complexity index is 748. The molecular weight excluding hydrogens is 360 g/mol. The van der Waals surface area contributed by atoms with E-state index in [-0.39, 0.29) is 34.2 Å². The zero-order valence-electron chi connectivity index (χ0n) is 13.2. The highest BCUT2D eigenvalue weighted by Gasteiger charge is 2.31. The smallest absolute Gasteiger partial charge is 0.243 e. The summed E-state index contributed by atoms with van der Waals surface area (Å²) in [6.45, 7) is 2.70. The lowest BCUT2D eigenvalue weighted by atomic mass is 9.93. The quantitative estimate of drug-likeness (QED) is 0.845. The molecule has 1 aromatic carbocycles. The normalized spacial score (nSPS) is 21.4. The van der Waals surface area contributed by atoms with Crippen LogP contribution in [0.4, 0.5) is 0 Å². The SMILES string of the molecule is CC(N)C1CCCN(S(=O)(=O)c2cccc(S(C)(=O)=O)c2)C1.Cl. The Hall–Kier alpha value is -0.670. The Labute approximate surface area is 144 Å². The number of sulfonamides is 1. The van der Waals surface area contributed by atoms with Gasteiger partial charge in [-0.2, -0.15) is 4.31 Å². The first-order chi connectivity index (χ1) is 10.1. The second kappa shape index (κ2) is 7.48. The highest BCUT2D eigenvalue weighted by atomic mass is 35.5. The molecule has 1 saturated heterocycles. The first-order valence-corrected chi connectivity index (χ1v) is 10.5. The van der Waals surface area contributed by atoms with E-state index < -0.39 is 19.9 Å². The minimum Gasteiger partial charge on any atom is -0.328 e. The number of hydrogen-bond acceptors (Lipinski definition) is 5. The van der Waals surface area contributed by atoms with Gasteiger partial charge in [-0.1, -0.05) is 6.07 Å². The first kappa shape index (κ1) is 20.4. The number of rotatable bonds is 4. The Balaban J connectivity index is 0.00000264. The van der Waals surface area contributed by atoms with E-state index >= 15 is 0 Å². The largest absolute Gasteiger partial charge is 0.328 e. The molecule has 6 nitrogen and oxygen atoms in total. The van der Waals surface area contributed by atoms with E-state index in [2.05, 4.69) is 0 Å². The van der Waals surface area contributed by atoms with Crippen LogP contribution in [0.3, 0.4) is 0 Å². The summed E-state index contributed by atoms with van der Waals surface area (Å²) in [5, 5.41) is 0. The lowest BCUT2D eigenvalue weighted by molar-refractivity contribution is 0.243. The highest BCUT2D eigenvalue weighted by Crippen LogP contribution is 2.26. The van der Waals surface area contributed by atoms with Gasteiger partial charge in [0.15, 0.2) is 9.84 Å². The molecule has 0 aliphatic carbocycles. The molecule has 2 unspecified atom stereocenters. The van der Waals surface area contributed by atoms with Crippen molar-refractivity contribution in [2.45, 2.75) is 35.6 Å². The molecule has 0 radical (unpaired) electrons. The fourth-order valence-electron chi connectivity index (χ4n) is 2.64. The summed E-state index contributed by atoms with van der Waals surface area (Å²) in [6, 6.07) is 5.44. The van der Waals surface area contributed by atoms with Crippen LogP contribution in [0.1, 0.15) is 19.8 Å². The molecule has 2 atom stereocenters. The van der Waals surface area contributed by atoms with E-state index in [0.29, 0.717) is 13.1 Å². The van der Waals surface area contributed by atoms with Crippen LogP contribution in [-0.2, 0) is 19.9 Å². The van der Waals surface area contributed by atoms with E-state index in [1.165, 1.54) is 28.6 Å². The predicted molar refractivity (Wildman–Crippen MR) is 91.9 cm³/mol. The monoisotopic (exact) mass is 382 g/mol. The maximum atomic E-state index is 12.7. The second-order valence-corrected chi connectivity index (χ2v) is 9.83. The lowest BCUT2D eigenvalue weighted by Gasteiger charge is -2.33. The van der Waals surface area contributed by atoms with Crippen molar-refractivity contribution in [1.29, 1.82) is 0 Å². The molecule has 1 aromatic rings. The number of nitrogens with two attached hydrogens (primary N) is 1. The van der Waals surface area contributed by atoms with Crippen LogP contribution in [-0.4, -0.2) is 46.5 Å². The van der Waals surface area contributed by atoms with Crippen LogP contribution in [0, 0.1) is 5.92 Å². The van der Waals surface area contributed by atoms with E-state index in [1.54, 1.807) is 0 Å². The molecule has 0 saturated carbocycles. The average Bonchev–Trinajstić information content (AvgIpc) is 2.46. The zero-order chi connectivity index (χ0) is 16.5. The number of sulfone groups is 1. The minimum absolute atomic E-state index is 0. The van der Waals surface area contributed by atoms with Gasteiger partial charge < -0.3 is 5.73 Å². The molecule has 9 heteroatoms. The molecule has 1 aliphatic heterocycles. The fourth-order valence-corrected chi connectivity index (χ4v) is 4.96. The third-order valence-electron chi connectivity index (χ3n) is 4.04. The van der Waals surface area contributed by atoms with Crippen molar-refractivity contribution in [1.82, 2.24) is 4.31 Å². The van der Waals surface area contributed by atoms with Crippen LogP contribution >= 0.6 is 12.4 Å². The molecule has 1 heterocycles. The Morgan fingerprint density at radius 1 is 1.22 bits per heavy atom. The van der Waals surface area contributed by atoms with Gasteiger partial charge in [0.05, 0.1) is 9.79 Å².